The molecule has 2 N–H and O–H groups in total. The summed E-state index contributed by atoms with van der Waals surface area (Å²) in [6, 6.07) is 9.11. The molecule has 1 heterocycles. The minimum atomic E-state index is -0.217. The lowest BCUT2D eigenvalue weighted by Gasteiger charge is -2.11. The second-order valence-electron chi connectivity index (χ2n) is 6.08. The summed E-state index contributed by atoms with van der Waals surface area (Å²) < 4.78 is 10.5. The van der Waals surface area contributed by atoms with Gasteiger partial charge in [0.25, 0.3) is 5.91 Å². The van der Waals surface area contributed by atoms with Gasteiger partial charge >= 0.3 is 0 Å². The highest BCUT2D eigenvalue weighted by Gasteiger charge is 2.09. The summed E-state index contributed by atoms with van der Waals surface area (Å²) in [5.74, 6) is 1.62. The number of hydrogen-bond acceptors (Lipinski definition) is 5. The normalized spacial score (nSPS) is 10.4. The second-order valence-corrected chi connectivity index (χ2v) is 6.08. The first-order valence-electron chi connectivity index (χ1n) is 8.22. The Hall–Kier alpha value is -2.76. The van der Waals surface area contributed by atoms with Crippen molar-refractivity contribution in [3.8, 4) is 11.5 Å². The minimum absolute atomic E-state index is 0.217. The third-order valence-corrected chi connectivity index (χ3v) is 3.61. The molecule has 0 unspecified atom stereocenters. The molecule has 0 aliphatic carbocycles. The van der Waals surface area contributed by atoms with Crippen LogP contribution in [0.1, 0.15) is 29.9 Å². The standard InChI is InChI=1S/C19H25N3O3/c1-13(2)10-20-15-6-7-16(21-12-15)19(23)22-11-14-5-8-17(24-3)18(9-14)25-4/h5-9,12-13,20H,10-11H2,1-4H3,(H,22,23). The van der Waals surface area contributed by atoms with Gasteiger partial charge in [-0.3, -0.25) is 4.79 Å². The van der Waals surface area contributed by atoms with Crippen molar-refractivity contribution in [2.45, 2.75) is 20.4 Å². The molecule has 6 heteroatoms. The van der Waals surface area contributed by atoms with Crippen LogP contribution in [0.2, 0.25) is 0 Å². The fourth-order valence-electron chi connectivity index (χ4n) is 2.22. The number of hydrogen-bond donors (Lipinski definition) is 2. The van der Waals surface area contributed by atoms with Gasteiger partial charge in [0.05, 0.1) is 26.1 Å². The first-order chi connectivity index (χ1) is 12.0. The van der Waals surface area contributed by atoms with E-state index in [2.05, 4.69) is 29.5 Å². The first kappa shape index (κ1) is 18.6. The van der Waals surface area contributed by atoms with E-state index in [-0.39, 0.29) is 5.91 Å². The number of carbonyl (C=O) groups excluding carboxylic acids is 1. The van der Waals surface area contributed by atoms with Crippen LogP contribution >= 0.6 is 0 Å². The molecule has 6 nitrogen and oxygen atoms in total. The van der Waals surface area contributed by atoms with Crippen LogP contribution in [0.5, 0.6) is 11.5 Å². The molecule has 1 amide bonds. The number of aromatic nitrogens is 1. The van der Waals surface area contributed by atoms with E-state index in [1.807, 2.05) is 24.3 Å². The number of nitrogens with one attached hydrogen (secondary N) is 2. The van der Waals surface area contributed by atoms with Crippen LogP contribution in [0.3, 0.4) is 0 Å². The van der Waals surface area contributed by atoms with Gasteiger partial charge in [-0.15, -0.1) is 0 Å². The quantitative estimate of drug-likeness (QED) is 0.770. The van der Waals surface area contributed by atoms with Crippen molar-refractivity contribution in [1.29, 1.82) is 0 Å². The molecule has 0 aliphatic heterocycles. The molecule has 0 radical (unpaired) electrons. The Balaban J connectivity index is 1.93. The molecule has 0 fully saturated rings. The zero-order valence-electron chi connectivity index (χ0n) is 15.1. The lowest BCUT2D eigenvalue weighted by Crippen LogP contribution is -2.23. The van der Waals surface area contributed by atoms with Crippen LogP contribution in [0, 0.1) is 5.92 Å². The number of nitrogens with zero attached hydrogens (tertiary/aromatic N) is 1. The van der Waals surface area contributed by atoms with Gasteiger partial charge in [-0.05, 0) is 35.7 Å². The smallest absolute Gasteiger partial charge is 0.270 e. The van der Waals surface area contributed by atoms with Crippen LogP contribution in [0.25, 0.3) is 0 Å². The number of carbonyl (C=O) groups is 1. The highest BCUT2D eigenvalue weighted by Crippen LogP contribution is 2.27. The average molecular weight is 343 g/mol. The molecule has 0 spiro atoms. The van der Waals surface area contributed by atoms with Gasteiger partial charge < -0.3 is 20.1 Å². The topological polar surface area (TPSA) is 72.5 Å². The lowest BCUT2D eigenvalue weighted by molar-refractivity contribution is 0.0946. The molecule has 1 aromatic carbocycles. The number of methoxy groups -OCH3 is 2. The Morgan fingerprint density at radius 1 is 1.12 bits per heavy atom. The Labute approximate surface area is 148 Å². The Morgan fingerprint density at radius 3 is 2.48 bits per heavy atom. The summed E-state index contributed by atoms with van der Waals surface area (Å²) in [4.78, 5) is 16.4. The Kier molecular flexibility index (Phi) is 6.62. The van der Waals surface area contributed by atoms with Crippen LogP contribution < -0.4 is 20.1 Å². The van der Waals surface area contributed by atoms with Crippen LogP contribution in [0.15, 0.2) is 36.5 Å². The summed E-state index contributed by atoms with van der Waals surface area (Å²) in [6.07, 6.45) is 1.67. The number of benzene rings is 1. The van der Waals surface area contributed by atoms with Gasteiger partial charge in [-0.25, -0.2) is 4.98 Å². The van der Waals surface area contributed by atoms with Crippen LogP contribution in [-0.2, 0) is 6.54 Å². The third-order valence-electron chi connectivity index (χ3n) is 3.61. The number of anilines is 1. The van der Waals surface area contributed by atoms with E-state index in [4.69, 9.17) is 9.47 Å². The van der Waals surface area contributed by atoms with Crippen molar-refractivity contribution in [1.82, 2.24) is 10.3 Å². The summed E-state index contributed by atoms with van der Waals surface area (Å²) in [6.45, 7) is 5.52. The van der Waals surface area contributed by atoms with Gasteiger partial charge in [-0.1, -0.05) is 19.9 Å². The Morgan fingerprint density at radius 2 is 1.88 bits per heavy atom. The summed E-state index contributed by atoms with van der Waals surface area (Å²) in [5.41, 5.74) is 2.21. The predicted molar refractivity (Wildman–Crippen MR) is 98.3 cm³/mol. The fraction of sp³-hybridized carbons (Fsp3) is 0.368. The van der Waals surface area contributed by atoms with Gasteiger partial charge in [0, 0.05) is 13.1 Å². The van der Waals surface area contributed by atoms with E-state index >= 15 is 0 Å². The molecule has 0 atom stereocenters. The summed E-state index contributed by atoms with van der Waals surface area (Å²) in [5, 5.41) is 6.13. The zero-order valence-corrected chi connectivity index (χ0v) is 15.1. The predicted octanol–water partition coefficient (Wildman–Crippen LogP) is 3.10. The average Bonchev–Trinajstić information content (AvgIpc) is 2.64. The number of amides is 1. The van der Waals surface area contributed by atoms with Crippen molar-refractivity contribution in [3.05, 3.63) is 47.8 Å². The number of rotatable bonds is 8. The van der Waals surface area contributed by atoms with Crippen molar-refractivity contribution in [2.24, 2.45) is 5.92 Å². The highest BCUT2D eigenvalue weighted by atomic mass is 16.5. The van der Waals surface area contributed by atoms with E-state index in [9.17, 15) is 4.79 Å². The maximum Gasteiger partial charge on any atom is 0.270 e. The molecule has 1 aromatic heterocycles. The van der Waals surface area contributed by atoms with E-state index in [0.717, 1.165) is 17.8 Å². The lowest BCUT2D eigenvalue weighted by atomic mass is 10.2. The van der Waals surface area contributed by atoms with E-state index < -0.39 is 0 Å². The maximum absolute atomic E-state index is 12.2. The SMILES string of the molecule is COc1ccc(CNC(=O)c2ccc(NCC(C)C)cn2)cc1OC. The molecule has 0 saturated carbocycles. The van der Waals surface area contributed by atoms with Crippen molar-refractivity contribution in [3.63, 3.8) is 0 Å². The summed E-state index contributed by atoms with van der Waals surface area (Å²) in [7, 11) is 3.17. The third kappa shape index (κ3) is 5.38. The number of pyridine rings is 1. The van der Waals surface area contributed by atoms with Crippen molar-refractivity contribution in [2.75, 3.05) is 26.1 Å². The molecule has 0 saturated heterocycles. The monoisotopic (exact) mass is 343 g/mol. The zero-order chi connectivity index (χ0) is 18.2. The minimum Gasteiger partial charge on any atom is -0.493 e. The summed E-state index contributed by atoms with van der Waals surface area (Å²) >= 11 is 0. The highest BCUT2D eigenvalue weighted by molar-refractivity contribution is 5.92. The first-order valence-corrected chi connectivity index (χ1v) is 8.22. The molecule has 2 rings (SSSR count). The van der Waals surface area contributed by atoms with E-state index in [0.29, 0.717) is 29.7 Å². The number of ether oxygens (including phenoxy) is 2. The van der Waals surface area contributed by atoms with Gasteiger partial charge in [0.1, 0.15) is 5.69 Å². The fourth-order valence-corrected chi connectivity index (χ4v) is 2.22. The van der Waals surface area contributed by atoms with Gasteiger partial charge in [0.2, 0.25) is 0 Å². The van der Waals surface area contributed by atoms with Gasteiger partial charge in [0.15, 0.2) is 11.5 Å². The maximum atomic E-state index is 12.2. The largest absolute Gasteiger partial charge is 0.493 e. The van der Waals surface area contributed by atoms with Crippen LogP contribution in [0.4, 0.5) is 5.69 Å². The van der Waals surface area contributed by atoms with E-state index in [1.54, 1.807) is 26.5 Å². The molecule has 134 valence electrons. The Bertz CT molecular complexity index is 700. The van der Waals surface area contributed by atoms with Gasteiger partial charge in [-0.2, -0.15) is 0 Å². The van der Waals surface area contributed by atoms with E-state index in [1.165, 1.54) is 0 Å². The molecule has 2 aromatic rings. The van der Waals surface area contributed by atoms with Crippen molar-refractivity contribution >= 4 is 11.6 Å². The van der Waals surface area contributed by atoms with Crippen LogP contribution in [-0.4, -0.2) is 31.7 Å². The molecule has 0 aliphatic rings. The molecule has 25 heavy (non-hydrogen) atoms. The molecular weight excluding hydrogens is 318 g/mol. The second kappa shape index (κ2) is 8.92. The molecule has 0 bridgehead atoms. The molecular formula is C19H25N3O3. The van der Waals surface area contributed by atoms with Crippen molar-refractivity contribution < 1.29 is 14.3 Å².